The number of nitrogens with two attached hydrogens (primary N) is 1. The van der Waals surface area contributed by atoms with Crippen molar-refractivity contribution in [1.29, 1.82) is 0 Å². The van der Waals surface area contributed by atoms with E-state index in [1.54, 1.807) is 30.0 Å². The summed E-state index contributed by atoms with van der Waals surface area (Å²) in [6.07, 6.45) is 1.93. The second-order valence-corrected chi connectivity index (χ2v) is 6.82. The summed E-state index contributed by atoms with van der Waals surface area (Å²) in [6, 6.07) is 6.43. The molecule has 0 aromatic heterocycles. The normalized spacial score (nSPS) is 19.1. The quantitative estimate of drug-likeness (QED) is 0.776. The number of carbonyl (C=O) groups excluding carboxylic acids is 1. The average molecular weight is 301 g/mol. The van der Waals surface area contributed by atoms with E-state index in [-0.39, 0.29) is 11.2 Å². The minimum absolute atomic E-state index is 0.0187. The van der Waals surface area contributed by atoms with Gasteiger partial charge in [-0.25, -0.2) is 5.14 Å². The molecule has 4 N–H and O–H groups in total. The van der Waals surface area contributed by atoms with Crippen LogP contribution in [-0.4, -0.2) is 25.3 Å². The lowest BCUT2D eigenvalue weighted by Crippen LogP contribution is -2.23. The zero-order valence-corrected chi connectivity index (χ0v) is 11.8. The van der Waals surface area contributed by atoms with Crippen LogP contribution in [0.3, 0.4) is 0 Å². The Morgan fingerprint density at radius 3 is 2.74 bits per heavy atom. The Labute approximate surface area is 116 Å². The van der Waals surface area contributed by atoms with Crippen LogP contribution in [-0.2, 0) is 15.0 Å². The van der Waals surface area contributed by atoms with Crippen molar-refractivity contribution >= 4 is 39.3 Å². The Bertz CT molecular complexity index is 568. The van der Waals surface area contributed by atoms with Gasteiger partial charge >= 0.3 is 0 Å². The molecule has 1 saturated heterocycles. The minimum atomic E-state index is -3.80. The van der Waals surface area contributed by atoms with Gasteiger partial charge in [0.25, 0.3) is 10.2 Å². The number of amides is 1. The second-order valence-electron chi connectivity index (χ2n) is 4.22. The highest BCUT2D eigenvalue weighted by Gasteiger charge is 2.23. The highest BCUT2D eigenvalue weighted by atomic mass is 32.2. The maximum absolute atomic E-state index is 11.9. The van der Waals surface area contributed by atoms with Gasteiger partial charge in [0.05, 0.1) is 10.9 Å². The first-order chi connectivity index (χ1) is 8.94. The molecule has 2 rings (SSSR count). The number of anilines is 2. The topological polar surface area (TPSA) is 101 Å². The smallest absolute Gasteiger partial charge is 0.296 e. The van der Waals surface area contributed by atoms with Crippen molar-refractivity contribution in [2.75, 3.05) is 15.8 Å². The largest absolute Gasteiger partial charge is 0.325 e. The van der Waals surface area contributed by atoms with E-state index in [0.717, 1.165) is 18.6 Å². The second kappa shape index (κ2) is 5.81. The van der Waals surface area contributed by atoms with Crippen LogP contribution in [0.1, 0.15) is 12.8 Å². The molecule has 1 aliphatic heterocycles. The molecule has 1 aromatic rings. The van der Waals surface area contributed by atoms with Crippen molar-refractivity contribution in [2.24, 2.45) is 5.14 Å². The van der Waals surface area contributed by atoms with Crippen molar-refractivity contribution in [3.8, 4) is 0 Å². The van der Waals surface area contributed by atoms with E-state index >= 15 is 0 Å². The maximum atomic E-state index is 11.9. The molecule has 19 heavy (non-hydrogen) atoms. The van der Waals surface area contributed by atoms with E-state index in [9.17, 15) is 13.2 Å². The van der Waals surface area contributed by atoms with Crippen molar-refractivity contribution in [3.05, 3.63) is 24.3 Å². The lowest BCUT2D eigenvalue weighted by atomic mass is 10.2. The fourth-order valence-corrected chi connectivity index (χ4v) is 3.45. The van der Waals surface area contributed by atoms with E-state index < -0.39 is 10.2 Å². The van der Waals surface area contributed by atoms with Crippen LogP contribution in [0.5, 0.6) is 0 Å². The van der Waals surface area contributed by atoms with Crippen LogP contribution in [0.15, 0.2) is 24.3 Å². The van der Waals surface area contributed by atoms with Gasteiger partial charge in [-0.1, -0.05) is 6.07 Å². The Morgan fingerprint density at radius 1 is 1.37 bits per heavy atom. The van der Waals surface area contributed by atoms with Gasteiger partial charge < -0.3 is 5.32 Å². The summed E-state index contributed by atoms with van der Waals surface area (Å²) in [6.45, 7) is 0. The molecule has 1 fully saturated rings. The summed E-state index contributed by atoms with van der Waals surface area (Å²) < 4.78 is 24.0. The van der Waals surface area contributed by atoms with E-state index in [1.165, 1.54) is 6.07 Å². The van der Waals surface area contributed by atoms with Crippen LogP contribution in [0.2, 0.25) is 0 Å². The molecule has 1 aliphatic rings. The predicted molar refractivity (Wildman–Crippen MR) is 77.3 cm³/mol. The summed E-state index contributed by atoms with van der Waals surface area (Å²) in [5.74, 6) is 0.959. The molecule has 1 unspecified atom stereocenters. The third-order valence-electron chi connectivity index (χ3n) is 2.61. The Balaban J connectivity index is 2.04. The molecule has 0 spiro atoms. The number of rotatable bonds is 4. The molecule has 104 valence electrons. The molecule has 0 aliphatic carbocycles. The summed E-state index contributed by atoms with van der Waals surface area (Å²) in [5.41, 5.74) is 0.866. The fourth-order valence-electron chi connectivity index (χ4n) is 1.83. The molecule has 8 heteroatoms. The van der Waals surface area contributed by atoms with Gasteiger partial charge in [0.1, 0.15) is 0 Å². The van der Waals surface area contributed by atoms with Gasteiger partial charge in [-0.05, 0) is 36.8 Å². The van der Waals surface area contributed by atoms with E-state index in [2.05, 4.69) is 10.0 Å². The Morgan fingerprint density at radius 2 is 2.11 bits per heavy atom. The third-order valence-corrected chi connectivity index (χ3v) is 4.51. The van der Waals surface area contributed by atoms with Gasteiger partial charge in [-0.3, -0.25) is 9.52 Å². The third kappa shape index (κ3) is 4.41. The Kier molecular flexibility index (Phi) is 4.33. The first-order valence-electron chi connectivity index (χ1n) is 5.77. The number of hydrogen-bond donors (Lipinski definition) is 3. The van der Waals surface area contributed by atoms with Crippen molar-refractivity contribution < 1.29 is 13.2 Å². The van der Waals surface area contributed by atoms with Gasteiger partial charge in [0, 0.05) is 5.69 Å². The van der Waals surface area contributed by atoms with Crippen LogP contribution < -0.4 is 15.2 Å². The maximum Gasteiger partial charge on any atom is 0.296 e. The van der Waals surface area contributed by atoms with Crippen molar-refractivity contribution in [1.82, 2.24) is 0 Å². The van der Waals surface area contributed by atoms with Crippen LogP contribution in [0.4, 0.5) is 11.4 Å². The minimum Gasteiger partial charge on any atom is -0.325 e. The average Bonchev–Trinajstić information content (AvgIpc) is 2.80. The highest BCUT2D eigenvalue weighted by molar-refractivity contribution is 8.00. The molecule has 1 atom stereocenters. The first-order valence-corrected chi connectivity index (χ1v) is 8.37. The number of benzene rings is 1. The van der Waals surface area contributed by atoms with E-state index in [1.807, 2.05) is 0 Å². The van der Waals surface area contributed by atoms with Gasteiger partial charge in [-0.15, -0.1) is 11.8 Å². The summed E-state index contributed by atoms with van der Waals surface area (Å²) >= 11 is 1.64. The molecule has 0 radical (unpaired) electrons. The zero-order valence-electron chi connectivity index (χ0n) is 10.1. The summed E-state index contributed by atoms with van der Waals surface area (Å²) in [4.78, 5) is 11.9. The van der Waals surface area contributed by atoms with Crippen molar-refractivity contribution in [2.45, 2.75) is 18.1 Å². The number of carbonyl (C=O) groups is 1. The summed E-state index contributed by atoms with van der Waals surface area (Å²) in [7, 11) is -3.80. The van der Waals surface area contributed by atoms with E-state index in [4.69, 9.17) is 5.14 Å². The first kappa shape index (κ1) is 14.2. The predicted octanol–water partition coefficient (Wildman–Crippen LogP) is 1.14. The summed E-state index contributed by atoms with van der Waals surface area (Å²) in [5, 5.41) is 7.64. The van der Waals surface area contributed by atoms with E-state index in [0.29, 0.717) is 11.4 Å². The lowest BCUT2D eigenvalue weighted by molar-refractivity contribution is -0.115. The highest BCUT2D eigenvalue weighted by Crippen LogP contribution is 2.27. The molecule has 1 amide bonds. The number of hydrogen-bond acceptors (Lipinski definition) is 4. The fraction of sp³-hybridized carbons (Fsp3) is 0.364. The zero-order chi connectivity index (χ0) is 13.9. The molecular formula is C11H15N3O3S2. The molecule has 1 aromatic carbocycles. The number of nitrogens with one attached hydrogen (secondary N) is 2. The van der Waals surface area contributed by atoms with Crippen LogP contribution in [0, 0.1) is 0 Å². The van der Waals surface area contributed by atoms with Crippen LogP contribution in [0.25, 0.3) is 0 Å². The van der Waals surface area contributed by atoms with Crippen LogP contribution >= 0.6 is 11.8 Å². The SMILES string of the molecule is NS(=O)(=O)Nc1cccc(NC(=O)C2CCCS2)c1. The van der Waals surface area contributed by atoms with Crippen molar-refractivity contribution in [3.63, 3.8) is 0 Å². The molecular weight excluding hydrogens is 286 g/mol. The number of thioether (sulfide) groups is 1. The van der Waals surface area contributed by atoms with Gasteiger partial charge in [0.15, 0.2) is 0 Å². The van der Waals surface area contributed by atoms with Gasteiger partial charge in [-0.2, -0.15) is 8.42 Å². The lowest BCUT2D eigenvalue weighted by Gasteiger charge is -2.11. The molecule has 6 nitrogen and oxygen atoms in total. The molecule has 0 bridgehead atoms. The molecule has 1 heterocycles. The standard InChI is InChI=1S/C11H15N3O3S2/c12-19(16,17)14-9-4-1-3-8(7-9)13-11(15)10-5-2-6-18-10/h1,3-4,7,10,14H,2,5-6H2,(H,13,15)(H2,12,16,17). The molecule has 0 saturated carbocycles. The van der Waals surface area contributed by atoms with Gasteiger partial charge in [0.2, 0.25) is 5.91 Å². The Hall–Kier alpha value is -1.25. The monoisotopic (exact) mass is 301 g/mol.